The van der Waals surface area contributed by atoms with Gasteiger partial charge in [-0.25, -0.2) is 9.67 Å². The van der Waals surface area contributed by atoms with Crippen molar-refractivity contribution in [3.05, 3.63) is 29.8 Å². The number of carboxylic acid groups (broad SMARTS) is 1. The summed E-state index contributed by atoms with van der Waals surface area (Å²) < 4.78 is 1.80. The zero-order valence-electron chi connectivity index (χ0n) is 14.9. The van der Waals surface area contributed by atoms with Crippen LogP contribution in [0.15, 0.2) is 24.3 Å². The Morgan fingerprint density at radius 2 is 2.04 bits per heavy atom. The largest absolute Gasteiger partial charge is 0.550 e. The lowest BCUT2D eigenvalue weighted by Crippen LogP contribution is -2.22. The van der Waals surface area contributed by atoms with Crippen LogP contribution >= 0.6 is 0 Å². The molecular weight excluding hydrogens is 332 g/mol. The van der Waals surface area contributed by atoms with Gasteiger partial charge in [0.2, 0.25) is 5.91 Å². The van der Waals surface area contributed by atoms with Crippen LogP contribution in [0.5, 0.6) is 0 Å². The Kier molecular flexibility index (Phi) is 5.16. The van der Waals surface area contributed by atoms with E-state index in [2.05, 4.69) is 17.3 Å². The minimum atomic E-state index is -1.15. The first-order valence-corrected chi connectivity index (χ1v) is 8.75. The number of carbonyl (C=O) groups is 2. The minimum Gasteiger partial charge on any atom is -0.550 e. The third-order valence-electron chi connectivity index (χ3n) is 4.15. The van der Waals surface area contributed by atoms with Crippen molar-refractivity contribution in [2.45, 2.75) is 46.1 Å². The van der Waals surface area contributed by atoms with E-state index in [0.717, 1.165) is 33.9 Å². The van der Waals surface area contributed by atoms with Gasteiger partial charge in [-0.1, -0.05) is 18.6 Å². The van der Waals surface area contributed by atoms with Crippen LogP contribution in [0.1, 0.15) is 38.2 Å². The number of aryl methyl sites for hydroxylation is 2. The molecule has 0 atom stereocenters. The first kappa shape index (κ1) is 17.8. The van der Waals surface area contributed by atoms with Crippen LogP contribution in [0.3, 0.4) is 0 Å². The summed E-state index contributed by atoms with van der Waals surface area (Å²) in [6, 6.07) is 8.03. The molecular formula is C19H21N4O3-. The van der Waals surface area contributed by atoms with Crippen LogP contribution in [0.2, 0.25) is 0 Å². The molecule has 2 heterocycles. The molecule has 0 radical (unpaired) electrons. The topological polar surface area (TPSA) is 99.9 Å². The fourth-order valence-electron chi connectivity index (χ4n) is 2.93. The SMILES string of the molecule is CCCn1nc(NC(=O)CCCC(=O)[O-])c2cc3cc(C)ccc3nc21. The lowest BCUT2D eigenvalue weighted by molar-refractivity contribution is -0.305. The highest BCUT2D eigenvalue weighted by atomic mass is 16.4. The maximum absolute atomic E-state index is 12.1. The van der Waals surface area contributed by atoms with Crippen molar-refractivity contribution in [2.75, 3.05) is 5.32 Å². The zero-order chi connectivity index (χ0) is 18.7. The average Bonchev–Trinajstić information content (AvgIpc) is 2.89. The maximum Gasteiger partial charge on any atom is 0.225 e. The molecule has 0 unspecified atom stereocenters. The van der Waals surface area contributed by atoms with Crippen molar-refractivity contribution < 1.29 is 14.7 Å². The van der Waals surface area contributed by atoms with Gasteiger partial charge in [0.05, 0.1) is 10.9 Å². The molecule has 0 aliphatic heterocycles. The number of benzene rings is 1. The van der Waals surface area contributed by atoms with Crippen molar-refractivity contribution >= 4 is 39.6 Å². The summed E-state index contributed by atoms with van der Waals surface area (Å²) in [5.41, 5.74) is 2.74. The number of rotatable bonds is 7. The van der Waals surface area contributed by atoms with Crippen molar-refractivity contribution in [1.29, 1.82) is 0 Å². The number of hydrogen-bond donors (Lipinski definition) is 1. The van der Waals surface area contributed by atoms with Gasteiger partial charge in [-0.3, -0.25) is 4.79 Å². The maximum atomic E-state index is 12.1. The molecule has 0 spiro atoms. The minimum absolute atomic E-state index is 0.107. The van der Waals surface area contributed by atoms with Gasteiger partial charge in [-0.2, -0.15) is 5.10 Å². The molecule has 0 aliphatic carbocycles. The Morgan fingerprint density at radius 1 is 1.23 bits per heavy atom. The van der Waals surface area contributed by atoms with Gasteiger partial charge in [-0.15, -0.1) is 0 Å². The molecule has 3 aromatic rings. The number of carbonyl (C=O) groups excluding carboxylic acids is 2. The number of aliphatic carboxylic acids is 1. The lowest BCUT2D eigenvalue weighted by atomic mass is 10.1. The van der Waals surface area contributed by atoms with Crippen LogP contribution < -0.4 is 10.4 Å². The lowest BCUT2D eigenvalue weighted by Gasteiger charge is -2.04. The molecule has 3 rings (SSSR count). The summed E-state index contributed by atoms with van der Waals surface area (Å²) in [7, 11) is 0. The van der Waals surface area contributed by atoms with Gasteiger partial charge in [0, 0.05) is 24.3 Å². The molecule has 7 nitrogen and oxygen atoms in total. The number of nitrogens with one attached hydrogen (secondary N) is 1. The third-order valence-corrected chi connectivity index (χ3v) is 4.15. The Labute approximate surface area is 151 Å². The van der Waals surface area contributed by atoms with Crippen molar-refractivity contribution in [3.63, 3.8) is 0 Å². The average molecular weight is 353 g/mol. The molecule has 0 saturated carbocycles. The van der Waals surface area contributed by atoms with Crippen LogP contribution in [-0.4, -0.2) is 26.6 Å². The second-order valence-corrected chi connectivity index (χ2v) is 6.40. The Morgan fingerprint density at radius 3 is 2.77 bits per heavy atom. The van der Waals surface area contributed by atoms with E-state index >= 15 is 0 Å². The molecule has 0 fully saturated rings. The van der Waals surface area contributed by atoms with Crippen LogP contribution in [-0.2, 0) is 16.1 Å². The summed E-state index contributed by atoms with van der Waals surface area (Å²) in [6.45, 7) is 4.77. The smallest absolute Gasteiger partial charge is 0.225 e. The quantitative estimate of drug-likeness (QED) is 0.701. The number of hydrogen-bond acceptors (Lipinski definition) is 5. The third kappa shape index (κ3) is 3.82. The highest BCUT2D eigenvalue weighted by molar-refractivity contribution is 6.02. The number of pyridine rings is 1. The van der Waals surface area contributed by atoms with Crippen LogP contribution in [0, 0.1) is 6.92 Å². The van der Waals surface area contributed by atoms with Crippen molar-refractivity contribution in [2.24, 2.45) is 0 Å². The van der Waals surface area contributed by atoms with E-state index in [4.69, 9.17) is 4.98 Å². The van der Waals surface area contributed by atoms with Gasteiger partial charge >= 0.3 is 0 Å². The summed E-state index contributed by atoms with van der Waals surface area (Å²) in [6.07, 6.45) is 1.10. The number of fused-ring (bicyclic) bond motifs is 2. The molecule has 136 valence electrons. The van der Waals surface area contributed by atoms with Gasteiger partial charge in [0.1, 0.15) is 0 Å². The van der Waals surface area contributed by atoms with Crippen molar-refractivity contribution in [1.82, 2.24) is 14.8 Å². The second-order valence-electron chi connectivity index (χ2n) is 6.40. The molecule has 26 heavy (non-hydrogen) atoms. The van der Waals surface area contributed by atoms with E-state index in [1.54, 1.807) is 4.68 Å². The Bertz CT molecular complexity index is 978. The van der Waals surface area contributed by atoms with Crippen LogP contribution in [0.25, 0.3) is 21.9 Å². The van der Waals surface area contributed by atoms with E-state index in [-0.39, 0.29) is 25.2 Å². The van der Waals surface area contributed by atoms with Gasteiger partial charge < -0.3 is 15.2 Å². The molecule has 7 heteroatoms. The van der Waals surface area contributed by atoms with Crippen molar-refractivity contribution in [3.8, 4) is 0 Å². The zero-order valence-corrected chi connectivity index (χ0v) is 14.9. The van der Waals surface area contributed by atoms with Gasteiger partial charge in [0.15, 0.2) is 11.5 Å². The molecule has 1 aromatic carbocycles. The number of aromatic nitrogens is 3. The Hall–Kier alpha value is -2.96. The molecule has 0 bridgehead atoms. The fourth-order valence-corrected chi connectivity index (χ4v) is 2.93. The fraction of sp³-hybridized carbons (Fsp3) is 0.368. The highest BCUT2D eigenvalue weighted by Gasteiger charge is 2.15. The number of nitrogens with zero attached hydrogens (tertiary/aromatic N) is 3. The van der Waals surface area contributed by atoms with E-state index in [1.807, 2.05) is 31.2 Å². The van der Waals surface area contributed by atoms with E-state index in [1.165, 1.54) is 0 Å². The predicted molar refractivity (Wildman–Crippen MR) is 97.5 cm³/mol. The predicted octanol–water partition coefficient (Wildman–Crippen LogP) is 2.16. The molecule has 0 aliphatic rings. The highest BCUT2D eigenvalue weighted by Crippen LogP contribution is 2.27. The number of amides is 1. The van der Waals surface area contributed by atoms with E-state index < -0.39 is 5.97 Å². The van der Waals surface area contributed by atoms with Crippen LogP contribution in [0.4, 0.5) is 5.82 Å². The normalized spacial score (nSPS) is 11.2. The first-order chi connectivity index (χ1) is 12.5. The number of anilines is 1. The van der Waals surface area contributed by atoms with Gasteiger partial charge in [-0.05, 0) is 44.4 Å². The molecule has 2 aromatic heterocycles. The van der Waals surface area contributed by atoms with Gasteiger partial charge in [0.25, 0.3) is 0 Å². The van der Waals surface area contributed by atoms with E-state index in [9.17, 15) is 14.7 Å². The molecule has 1 N–H and O–H groups in total. The molecule has 0 saturated heterocycles. The van der Waals surface area contributed by atoms with E-state index in [0.29, 0.717) is 12.4 Å². The first-order valence-electron chi connectivity index (χ1n) is 8.75. The summed E-state index contributed by atoms with van der Waals surface area (Å²) in [5.74, 6) is -0.956. The number of carboxylic acids is 1. The second kappa shape index (κ2) is 7.51. The summed E-state index contributed by atoms with van der Waals surface area (Å²) >= 11 is 0. The Balaban J connectivity index is 1.95. The molecule has 1 amide bonds. The standard InChI is InChI=1S/C19H22N4O3/c1-3-9-23-19-14(11-13-10-12(2)7-8-15(13)20-19)18(22-23)21-16(24)5-4-6-17(25)26/h7-8,10-11H,3-6,9H2,1-2H3,(H,25,26)(H,21,22,24)/p-1. The monoisotopic (exact) mass is 353 g/mol. The summed E-state index contributed by atoms with van der Waals surface area (Å²) in [5, 5.41) is 19.5. The summed E-state index contributed by atoms with van der Waals surface area (Å²) in [4.78, 5) is 27.3.